The lowest BCUT2D eigenvalue weighted by atomic mass is 9.92. The van der Waals surface area contributed by atoms with Crippen LogP contribution in [0.25, 0.3) is 0 Å². The van der Waals surface area contributed by atoms with Crippen molar-refractivity contribution in [3.05, 3.63) is 47.5 Å². The number of carbonyl (C=O) groups is 1. The Balaban J connectivity index is 1.99. The van der Waals surface area contributed by atoms with Gasteiger partial charge < -0.3 is 9.64 Å². The van der Waals surface area contributed by atoms with Gasteiger partial charge in [-0.2, -0.15) is 0 Å². The molecule has 2 aliphatic rings. The number of rotatable bonds is 7. The number of morpholine rings is 1. The third kappa shape index (κ3) is 4.95. The highest BCUT2D eigenvalue weighted by atomic mass is 35.5. The van der Waals surface area contributed by atoms with E-state index < -0.39 is 16.4 Å². The van der Waals surface area contributed by atoms with E-state index in [0.29, 0.717) is 29.7 Å². The van der Waals surface area contributed by atoms with E-state index in [0.717, 1.165) is 18.4 Å². The summed E-state index contributed by atoms with van der Waals surface area (Å²) in [5.41, 5.74) is 0.0664. The predicted molar refractivity (Wildman–Crippen MR) is 119 cm³/mol. The van der Waals surface area contributed by atoms with Gasteiger partial charge in [0, 0.05) is 38.8 Å². The molecule has 0 aromatic heterocycles. The van der Waals surface area contributed by atoms with Crippen LogP contribution in [-0.2, 0) is 20.3 Å². The molecule has 6 heteroatoms. The van der Waals surface area contributed by atoms with Crippen molar-refractivity contribution in [3.8, 4) is 0 Å². The third-order valence-corrected chi connectivity index (χ3v) is 8.16. The molecule has 0 radical (unpaired) electrons. The number of halogens is 1. The molecule has 1 amide bonds. The zero-order valence-corrected chi connectivity index (χ0v) is 19.4. The number of carbonyl (C=O) groups excluding carboxylic acids is 1. The average Bonchev–Trinajstić information content (AvgIpc) is 3.48. The predicted octanol–water partition coefficient (Wildman–Crippen LogP) is 4.90. The summed E-state index contributed by atoms with van der Waals surface area (Å²) in [5.74, 6) is 0.853. The Labute approximate surface area is 182 Å². The van der Waals surface area contributed by atoms with Gasteiger partial charge >= 0.3 is 0 Å². The van der Waals surface area contributed by atoms with Crippen molar-refractivity contribution in [3.63, 3.8) is 0 Å². The van der Waals surface area contributed by atoms with Crippen molar-refractivity contribution in [1.82, 2.24) is 4.90 Å². The van der Waals surface area contributed by atoms with E-state index in [1.807, 2.05) is 56.9 Å². The van der Waals surface area contributed by atoms with Crippen LogP contribution >= 0.6 is 11.6 Å². The lowest BCUT2D eigenvalue weighted by Crippen LogP contribution is -2.61. The van der Waals surface area contributed by atoms with Gasteiger partial charge in [-0.1, -0.05) is 29.8 Å². The molecule has 1 saturated carbocycles. The summed E-state index contributed by atoms with van der Waals surface area (Å²) in [6.45, 7) is 12.0. The monoisotopic (exact) mass is 437 g/mol. The number of benzene rings is 1. The minimum absolute atomic E-state index is 0.0357. The first-order chi connectivity index (χ1) is 13.6. The van der Waals surface area contributed by atoms with E-state index in [1.54, 1.807) is 6.08 Å². The summed E-state index contributed by atoms with van der Waals surface area (Å²) in [7, 11) is -1.04. The first kappa shape index (κ1) is 22.5. The summed E-state index contributed by atoms with van der Waals surface area (Å²) in [5, 5.41) is 0.660. The first-order valence-corrected chi connectivity index (χ1v) is 12.0. The van der Waals surface area contributed by atoms with E-state index >= 15 is 0 Å². The Bertz CT molecular complexity index is 784. The van der Waals surface area contributed by atoms with Gasteiger partial charge in [-0.05, 0) is 64.2 Å². The van der Waals surface area contributed by atoms with Gasteiger partial charge in [0.2, 0.25) is 0 Å². The normalized spacial score (nSPS) is 27.6. The van der Waals surface area contributed by atoms with Gasteiger partial charge in [0.15, 0.2) is 0 Å². The number of amides is 1. The smallest absolute Gasteiger partial charge is 0.255 e. The standard InChI is InChI=1S/C23H32ClNO3S/c1-6-13-23(5)21(26)25(19(14-28-23)16-9-11-18(24)12-10-16)20(17-7-8-17)15-29(27)22(2,3)4/h6,9-12,17,19-20H,1,7-8,13-15H2,2-5H3/t19?,20?,23-,29?/m0/s1. The molecule has 1 aromatic carbocycles. The average molecular weight is 438 g/mol. The van der Waals surface area contributed by atoms with Crippen LogP contribution in [0.15, 0.2) is 36.9 Å². The Morgan fingerprint density at radius 3 is 2.48 bits per heavy atom. The number of hydrogen-bond acceptors (Lipinski definition) is 3. The van der Waals surface area contributed by atoms with Gasteiger partial charge in [0.05, 0.1) is 12.6 Å². The maximum atomic E-state index is 13.7. The molecule has 3 rings (SSSR count). The maximum absolute atomic E-state index is 13.7. The minimum Gasteiger partial charge on any atom is -0.363 e. The molecule has 1 aliphatic heterocycles. The summed E-state index contributed by atoms with van der Waals surface area (Å²) >= 11 is 6.08. The van der Waals surface area contributed by atoms with E-state index in [-0.39, 0.29) is 22.7 Å². The van der Waals surface area contributed by atoms with Crippen LogP contribution in [-0.4, -0.2) is 43.8 Å². The summed E-state index contributed by atoms with van der Waals surface area (Å²) in [4.78, 5) is 15.7. The van der Waals surface area contributed by atoms with Crippen molar-refractivity contribution in [2.75, 3.05) is 12.4 Å². The first-order valence-electron chi connectivity index (χ1n) is 10.3. The fourth-order valence-electron chi connectivity index (χ4n) is 3.89. The molecule has 0 N–H and O–H groups in total. The zero-order valence-electron chi connectivity index (χ0n) is 17.8. The van der Waals surface area contributed by atoms with Crippen molar-refractivity contribution in [1.29, 1.82) is 0 Å². The Morgan fingerprint density at radius 2 is 1.97 bits per heavy atom. The van der Waals surface area contributed by atoms with Gasteiger partial charge in [-0.15, -0.1) is 6.58 Å². The Kier molecular flexibility index (Phi) is 6.62. The Hall–Kier alpha value is -1.17. The fourth-order valence-corrected chi connectivity index (χ4v) is 5.26. The molecule has 160 valence electrons. The molecular formula is C23H32ClNO3S. The topological polar surface area (TPSA) is 46.6 Å². The Morgan fingerprint density at radius 1 is 1.34 bits per heavy atom. The van der Waals surface area contributed by atoms with Gasteiger partial charge in [0.25, 0.3) is 5.91 Å². The van der Waals surface area contributed by atoms with Crippen LogP contribution in [0.1, 0.15) is 58.6 Å². The molecule has 1 aliphatic carbocycles. The summed E-state index contributed by atoms with van der Waals surface area (Å²) < 4.78 is 18.8. The lowest BCUT2D eigenvalue weighted by molar-refractivity contribution is -0.181. The van der Waals surface area contributed by atoms with Gasteiger partial charge in [-0.25, -0.2) is 0 Å². The highest BCUT2D eigenvalue weighted by molar-refractivity contribution is 7.86. The molecule has 0 spiro atoms. The summed E-state index contributed by atoms with van der Waals surface area (Å²) in [6.07, 6.45) is 4.33. The molecular weight excluding hydrogens is 406 g/mol. The molecule has 0 bridgehead atoms. The molecule has 3 unspecified atom stereocenters. The van der Waals surface area contributed by atoms with Gasteiger partial charge in [-0.3, -0.25) is 9.00 Å². The van der Waals surface area contributed by atoms with Crippen LogP contribution in [0.5, 0.6) is 0 Å². The maximum Gasteiger partial charge on any atom is 0.255 e. The van der Waals surface area contributed by atoms with E-state index in [9.17, 15) is 9.00 Å². The molecule has 4 atom stereocenters. The zero-order chi connectivity index (χ0) is 21.4. The van der Waals surface area contributed by atoms with Crippen LogP contribution in [0.2, 0.25) is 5.02 Å². The quantitative estimate of drug-likeness (QED) is 0.570. The largest absolute Gasteiger partial charge is 0.363 e. The van der Waals surface area contributed by atoms with E-state index in [2.05, 4.69) is 6.58 Å². The fraction of sp³-hybridized carbons (Fsp3) is 0.609. The number of nitrogens with zero attached hydrogens (tertiary/aromatic N) is 1. The van der Waals surface area contributed by atoms with Crippen molar-refractivity contribution < 1.29 is 13.7 Å². The molecule has 1 heterocycles. The molecule has 4 nitrogen and oxygen atoms in total. The second kappa shape index (κ2) is 8.52. The highest BCUT2D eigenvalue weighted by Crippen LogP contribution is 2.43. The lowest BCUT2D eigenvalue weighted by Gasteiger charge is -2.48. The van der Waals surface area contributed by atoms with Crippen LogP contribution in [0.3, 0.4) is 0 Å². The second-order valence-electron chi connectivity index (χ2n) is 9.34. The van der Waals surface area contributed by atoms with Crippen molar-refractivity contribution in [2.24, 2.45) is 5.92 Å². The highest BCUT2D eigenvalue weighted by Gasteiger charge is 2.51. The minimum atomic E-state index is -1.04. The van der Waals surface area contributed by atoms with Crippen LogP contribution in [0.4, 0.5) is 0 Å². The number of ether oxygens (including phenoxy) is 1. The molecule has 2 fully saturated rings. The van der Waals surface area contributed by atoms with Crippen molar-refractivity contribution >= 4 is 28.3 Å². The van der Waals surface area contributed by atoms with Crippen molar-refractivity contribution in [2.45, 2.75) is 69.4 Å². The second-order valence-corrected chi connectivity index (χ2v) is 12.0. The number of hydrogen-bond donors (Lipinski definition) is 0. The van der Waals surface area contributed by atoms with Crippen LogP contribution in [0, 0.1) is 5.92 Å². The molecule has 29 heavy (non-hydrogen) atoms. The van der Waals surface area contributed by atoms with Gasteiger partial charge in [0.1, 0.15) is 5.60 Å². The van der Waals surface area contributed by atoms with E-state index in [4.69, 9.17) is 16.3 Å². The summed E-state index contributed by atoms with van der Waals surface area (Å²) in [6, 6.07) is 7.33. The van der Waals surface area contributed by atoms with Crippen LogP contribution < -0.4 is 0 Å². The van der Waals surface area contributed by atoms with E-state index in [1.165, 1.54) is 0 Å². The molecule has 1 saturated heterocycles. The third-order valence-electron chi connectivity index (χ3n) is 5.90. The SMILES string of the molecule is C=CC[C@]1(C)OCC(c2ccc(Cl)cc2)N(C(CS(=O)C(C)(C)C)C2CC2)C1=O. The molecule has 1 aromatic rings.